The topological polar surface area (TPSA) is 26.3 Å². The maximum Gasteiger partial charge on any atom is 0.338 e. The van der Waals surface area contributed by atoms with Crippen molar-refractivity contribution < 1.29 is 9.53 Å². The molecule has 0 heterocycles. The van der Waals surface area contributed by atoms with E-state index >= 15 is 0 Å². The average molecular weight is 500 g/mol. The number of rotatable bonds is 3. The maximum absolute atomic E-state index is 12.5. The fourth-order valence-corrected chi connectivity index (χ4v) is 4.87. The first-order chi connectivity index (χ1) is 13.4. The molecule has 0 bridgehead atoms. The van der Waals surface area contributed by atoms with E-state index in [4.69, 9.17) is 4.74 Å². The Hall–Kier alpha value is -1.91. The first-order valence-electron chi connectivity index (χ1n) is 9.25. The molecule has 3 aromatic carbocycles. The number of fused-ring (bicyclic) bond motifs is 3. The zero-order chi connectivity index (χ0) is 20.1. The zero-order valence-corrected chi connectivity index (χ0v) is 19.1. The second-order valence-corrected chi connectivity index (χ2v) is 9.09. The monoisotopic (exact) mass is 498 g/mol. The summed E-state index contributed by atoms with van der Waals surface area (Å²) in [6, 6.07) is 19.0. The van der Waals surface area contributed by atoms with E-state index in [1.807, 2.05) is 26.0 Å². The molecule has 4 heteroatoms. The molecule has 3 aromatic rings. The normalized spacial score (nSPS) is 13.8. The minimum absolute atomic E-state index is 0.271. The number of hydrogen-bond donors (Lipinski definition) is 0. The molecular weight excluding hydrogens is 480 g/mol. The lowest BCUT2D eigenvalue weighted by Crippen LogP contribution is -2.23. The van der Waals surface area contributed by atoms with Crippen molar-refractivity contribution >= 4 is 37.8 Å². The van der Waals surface area contributed by atoms with Crippen LogP contribution in [0, 0.1) is 6.92 Å². The molecule has 1 aliphatic carbocycles. The summed E-state index contributed by atoms with van der Waals surface area (Å²) in [5, 5.41) is 0. The van der Waals surface area contributed by atoms with Gasteiger partial charge in [-0.15, -0.1) is 0 Å². The van der Waals surface area contributed by atoms with E-state index in [1.165, 1.54) is 22.3 Å². The molecule has 0 N–H and O–H groups in total. The highest BCUT2D eigenvalue weighted by Gasteiger charge is 2.41. The summed E-state index contributed by atoms with van der Waals surface area (Å²) in [5.41, 5.74) is 7.18. The third-order valence-electron chi connectivity index (χ3n) is 5.64. The number of aryl methyl sites for hydroxylation is 1. The molecule has 1 aliphatic rings. The Balaban J connectivity index is 1.99. The van der Waals surface area contributed by atoms with E-state index in [9.17, 15) is 4.79 Å². The van der Waals surface area contributed by atoms with E-state index in [0.29, 0.717) is 12.2 Å². The lowest BCUT2D eigenvalue weighted by atomic mass is 9.73. The highest BCUT2D eigenvalue weighted by atomic mass is 79.9. The Morgan fingerprint density at radius 2 is 1.50 bits per heavy atom. The maximum atomic E-state index is 12.5. The zero-order valence-electron chi connectivity index (χ0n) is 16.0. The van der Waals surface area contributed by atoms with Gasteiger partial charge in [-0.05, 0) is 84.5 Å². The van der Waals surface area contributed by atoms with Gasteiger partial charge in [0.1, 0.15) is 0 Å². The predicted octanol–water partition coefficient (Wildman–Crippen LogP) is 7.03. The van der Waals surface area contributed by atoms with Crippen molar-refractivity contribution in [1.82, 2.24) is 0 Å². The third kappa shape index (κ3) is 2.94. The Bertz CT molecular complexity index is 1050. The lowest BCUT2D eigenvalue weighted by molar-refractivity contribution is 0.0525. The molecule has 0 spiro atoms. The molecule has 2 nitrogen and oxygen atoms in total. The van der Waals surface area contributed by atoms with Crippen LogP contribution in [0.25, 0.3) is 11.1 Å². The molecule has 4 rings (SSSR count). The van der Waals surface area contributed by atoms with Gasteiger partial charge >= 0.3 is 5.97 Å². The van der Waals surface area contributed by atoms with Crippen LogP contribution >= 0.6 is 31.9 Å². The van der Waals surface area contributed by atoms with E-state index in [-0.39, 0.29) is 11.4 Å². The number of ether oxygens (including phenoxy) is 1. The molecule has 0 aromatic heterocycles. The number of hydrogen-bond acceptors (Lipinski definition) is 2. The van der Waals surface area contributed by atoms with Crippen LogP contribution in [0.4, 0.5) is 0 Å². The predicted molar refractivity (Wildman–Crippen MR) is 120 cm³/mol. The van der Waals surface area contributed by atoms with Crippen LogP contribution in [-0.2, 0) is 10.2 Å². The van der Waals surface area contributed by atoms with Crippen LogP contribution in [-0.4, -0.2) is 12.6 Å². The van der Waals surface area contributed by atoms with Gasteiger partial charge < -0.3 is 4.74 Å². The quantitative estimate of drug-likeness (QED) is 0.361. The second-order valence-electron chi connectivity index (χ2n) is 7.25. The van der Waals surface area contributed by atoms with Gasteiger partial charge in [-0.25, -0.2) is 4.79 Å². The Kier molecular flexibility index (Phi) is 4.96. The smallest absolute Gasteiger partial charge is 0.338 e. The van der Waals surface area contributed by atoms with Gasteiger partial charge in [-0.1, -0.05) is 56.1 Å². The molecule has 0 saturated heterocycles. The van der Waals surface area contributed by atoms with Gasteiger partial charge in [0.15, 0.2) is 0 Å². The van der Waals surface area contributed by atoms with E-state index < -0.39 is 0 Å². The molecule has 28 heavy (non-hydrogen) atoms. The average Bonchev–Trinajstić information content (AvgIpc) is 2.91. The summed E-state index contributed by atoms with van der Waals surface area (Å²) >= 11 is 7.27. The number of carbonyl (C=O) groups is 1. The Labute approximate surface area is 182 Å². The van der Waals surface area contributed by atoms with Gasteiger partial charge in [0.2, 0.25) is 0 Å². The Morgan fingerprint density at radius 3 is 2.04 bits per heavy atom. The van der Waals surface area contributed by atoms with Crippen molar-refractivity contribution in [3.05, 3.63) is 91.4 Å². The standard InChI is InChI=1S/C24H20Br2O2/c1-4-28-23(27)20-11-15(6-5-14(20)2)24(3)21-12-16(25)7-9-18(21)19-10-8-17(26)13-22(19)24/h5-13H,4H2,1-3H3. The number of halogens is 2. The van der Waals surface area contributed by atoms with Gasteiger partial charge in [-0.2, -0.15) is 0 Å². The van der Waals surface area contributed by atoms with Crippen LogP contribution < -0.4 is 0 Å². The van der Waals surface area contributed by atoms with Crippen molar-refractivity contribution in [2.24, 2.45) is 0 Å². The molecule has 142 valence electrons. The van der Waals surface area contributed by atoms with Gasteiger partial charge in [-0.3, -0.25) is 0 Å². The van der Waals surface area contributed by atoms with Crippen LogP contribution in [0.3, 0.4) is 0 Å². The van der Waals surface area contributed by atoms with Gasteiger partial charge in [0.05, 0.1) is 12.2 Å². The SMILES string of the molecule is CCOC(=O)c1cc(C2(C)c3cc(Br)ccc3-c3ccc(Br)cc32)ccc1C. The summed E-state index contributed by atoms with van der Waals surface area (Å²) in [4.78, 5) is 12.5. The van der Waals surface area contributed by atoms with Crippen LogP contribution in [0.1, 0.15) is 46.5 Å². The van der Waals surface area contributed by atoms with E-state index in [2.05, 4.69) is 81.2 Å². The van der Waals surface area contributed by atoms with E-state index in [1.54, 1.807) is 0 Å². The molecule has 0 saturated carbocycles. The molecular formula is C24H20Br2O2. The molecule has 0 aliphatic heterocycles. The lowest BCUT2D eigenvalue weighted by Gasteiger charge is -2.29. The van der Waals surface area contributed by atoms with Crippen molar-refractivity contribution in [1.29, 1.82) is 0 Å². The molecule has 0 unspecified atom stereocenters. The molecule has 0 atom stereocenters. The van der Waals surface area contributed by atoms with Crippen molar-refractivity contribution in [2.45, 2.75) is 26.2 Å². The fraction of sp³-hybridized carbons (Fsp3) is 0.208. The van der Waals surface area contributed by atoms with E-state index in [0.717, 1.165) is 20.1 Å². The highest BCUT2D eigenvalue weighted by Crippen LogP contribution is 2.53. The minimum atomic E-state index is -0.368. The van der Waals surface area contributed by atoms with Crippen molar-refractivity contribution in [3.8, 4) is 11.1 Å². The van der Waals surface area contributed by atoms with Crippen molar-refractivity contribution in [2.75, 3.05) is 6.61 Å². The second kappa shape index (κ2) is 7.16. The van der Waals surface area contributed by atoms with Crippen LogP contribution in [0.2, 0.25) is 0 Å². The number of benzene rings is 3. The number of carbonyl (C=O) groups excluding carboxylic acids is 1. The highest BCUT2D eigenvalue weighted by molar-refractivity contribution is 9.10. The summed E-state index contributed by atoms with van der Waals surface area (Å²) < 4.78 is 7.37. The summed E-state index contributed by atoms with van der Waals surface area (Å²) in [6.07, 6.45) is 0. The first-order valence-corrected chi connectivity index (χ1v) is 10.8. The van der Waals surface area contributed by atoms with Crippen LogP contribution in [0.5, 0.6) is 0 Å². The summed E-state index contributed by atoms with van der Waals surface area (Å²) in [5.74, 6) is -0.271. The van der Waals surface area contributed by atoms with Crippen LogP contribution in [0.15, 0.2) is 63.5 Å². The fourth-order valence-electron chi connectivity index (χ4n) is 4.15. The minimum Gasteiger partial charge on any atom is -0.462 e. The first kappa shape index (κ1) is 19.4. The number of esters is 1. The summed E-state index contributed by atoms with van der Waals surface area (Å²) in [7, 11) is 0. The molecule has 0 fully saturated rings. The summed E-state index contributed by atoms with van der Waals surface area (Å²) in [6.45, 7) is 6.38. The molecule has 0 amide bonds. The third-order valence-corrected chi connectivity index (χ3v) is 6.63. The molecule has 0 radical (unpaired) electrons. The van der Waals surface area contributed by atoms with Gasteiger partial charge in [0.25, 0.3) is 0 Å². The largest absolute Gasteiger partial charge is 0.462 e. The van der Waals surface area contributed by atoms with Gasteiger partial charge in [0, 0.05) is 14.4 Å². The van der Waals surface area contributed by atoms with Crippen molar-refractivity contribution in [3.63, 3.8) is 0 Å². The Morgan fingerprint density at radius 1 is 0.929 bits per heavy atom.